The summed E-state index contributed by atoms with van der Waals surface area (Å²) in [5, 5.41) is 2.58. The van der Waals surface area contributed by atoms with Crippen LogP contribution >= 0.6 is 11.6 Å². The molecule has 3 aromatic rings. The predicted molar refractivity (Wildman–Crippen MR) is 86.0 cm³/mol. The topological polar surface area (TPSA) is 64.0 Å². The number of nitrogens with one attached hydrogen (secondary N) is 1. The highest BCUT2D eigenvalue weighted by atomic mass is 35.5. The van der Waals surface area contributed by atoms with Crippen LogP contribution in [0.5, 0.6) is 0 Å². The summed E-state index contributed by atoms with van der Waals surface area (Å²) < 4.78 is 27.3. The van der Waals surface area contributed by atoms with Crippen LogP contribution < -0.4 is 10.9 Å². The second-order valence-electron chi connectivity index (χ2n) is 5.01. The van der Waals surface area contributed by atoms with Gasteiger partial charge in [-0.25, -0.2) is 13.8 Å². The number of nitrogens with zero attached hydrogens (tertiary/aromatic N) is 2. The summed E-state index contributed by atoms with van der Waals surface area (Å²) in [5.41, 5.74) is 0.00963. The van der Waals surface area contributed by atoms with Crippen LogP contribution in [0.1, 0.15) is 0 Å². The molecule has 0 bridgehead atoms. The first-order chi connectivity index (χ1) is 11.4. The number of halogens is 3. The third-order valence-corrected chi connectivity index (χ3v) is 3.62. The Kier molecular flexibility index (Phi) is 4.26. The Morgan fingerprint density at radius 1 is 1.17 bits per heavy atom. The smallest absolute Gasteiger partial charge is 0.261 e. The van der Waals surface area contributed by atoms with Gasteiger partial charge in [-0.15, -0.1) is 0 Å². The number of hydrogen-bond acceptors (Lipinski definition) is 3. The Balaban J connectivity index is 1.85. The molecule has 0 radical (unpaired) electrons. The molecule has 1 N–H and O–H groups in total. The average molecular weight is 350 g/mol. The Bertz CT molecular complexity index is 1000. The van der Waals surface area contributed by atoms with Crippen LogP contribution in [-0.4, -0.2) is 15.5 Å². The summed E-state index contributed by atoms with van der Waals surface area (Å²) in [6, 6.07) is 7.16. The van der Waals surface area contributed by atoms with E-state index in [1.165, 1.54) is 24.5 Å². The Morgan fingerprint density at radius 2 is 1.88 bits per heavy atom. The fourth-order valence-corrected chi connectivity index (χ4v) is 2.39. The zero-order chi connectivity index (χ0) is 17.3. The van der Waals surface area contributed by atoms with Crippen LogP contribution in [0.3, 0.4) is 0 Å². The van der Waals surface area contributed by atoms with Crippen LogP contribution in [0.25, 0.3) is 10.9 Å². The molecule has 0 spiro atoms. The molecular formula is C16H10ClF2N3O2. The summed E-state index contributed by atoms with van der Waals surface area (Å²) in [6.45, 7) is -0.341. The van der Waals surface area contributed by atoms with Gasteiger partial charge in [0.05, 0.1) is 27.9 Å². The molecular weight excluding hydrogens is 340 g/mol. The standard InChI is InChI=1S/C16H10ClF2N3O2/c17-12-6-10(19)2-4-14(12)21-15(23)7-22-8-20-13-3-1-9(18)5-11(13)16(22)24/h1-6,8H,7H2,(H,21,23). The number of carbonyl (C=O) groups excluding carboxylic acids is 1. The Labute approximate surface area is 139 Å². The minimum absolute atomic E-state index is 0.0365. The van der Waals surface area contributed by atoms with Crippen LogP contribution in [0, 0.1) is 11.6 Å². The number of fused-ring (bicyclic) bond motifs is 1. The average Bonchev–Trinajstić information content (AvgIpc) is 2.53. The summed E-state index contributed by atoms with van der Waals surface area (Å²) in [6.07, 6.45) is 1.20. The lowest BCUT2D eigenvalue weighted by Gasteiger charge is -2.09. The lowest BCUT2D eigenvalue weighted by Crippen LogP contribution is -2.28. The van der Waals surface area contributed by atoms with Gasteiger partial charge in [0.1, 0.15) is 18.2 Å². The van der Waals surface area contributed by atoms with Crippen molar-refractivity contribution in [3.05, 3.63) is 69.7 Å². The van der Waals surface area contributed by atoms with Gasteiger partial charge in [0.15, 0.2) is 0 Å². The molecule has 0 saturated carbocycles. The van der Waals surface area contributed by atoms with Crippen molar-refractivity contribution >= 4 is 34.1 Å². The number of hydrogen-bond donors (Lipinski definition) is 1. The monoisotopic (exact) mass is 349 g/mol. The van der Waals surface area contributed by atoms with Gasteiger partial charge in [-0.3, -0.25) is 14.2 Å². The van der Waals surface area contributed by atoms with E-state index in [4.69, 9.17) is 11.6 Å². The highest BCUT2D eigenvalue weighted by Crippen LogP contribution is 2.22. The maximum atomic E-state index is 13.3. The molecule has 0 fully saturated rings. The number of anilines is 1. The minimum atomic E-state index is -0.568. The summed E-state index contributed by atoms with van der Waals surface area (Å²) in [4.78, 5) is 28.3. The van der Waals surface area contributed by atoms with Crippen molar-refractivity contribution in [2.75, 3.05) is 5.32 Å². The van der Waals surface area contributed by atoms with E-state index in [1.807, 2.05) is 0 Å². The maximum absolute atomic E-state index is 13.3. The first-order valence-electron chi connectivity index (χ1n) is 6.83. The van der Waals surface area contributed by atoms with Gasteiger partial charge in [0.2, 0.25) is 5.91 Å². The number of aromatic nitrogens is 2. The van der Waals surface area contributed by atoms with Gasteiger partial charge >= 0.3 is 0 Å². The first-order valence-corrected chi connectivity index (χ1v) is 7.21. The van der Waals surface area contributed by atoms with Crippen LogP contribution in [-0.2, 0) is 11.3 Å². The predicted octanol–water partition coefficient (Wildman–Crippen LogP) is 2.97. The van der Waals surface area contributed by atoms with E-state index in [0.29, 0.717) is 5.52 Å². The fraction of sp³-hybridized carbons (Fsp3) is 0.0625. The Hall–Kier alpha value is -2.80. The van der Waals surface area contributed by atoms with Gasteiger partial charge in [-0.2, -0.15) is 0 Å². The minimum Gasteiger partial charge on any atom is -0.323 e. The molecule has 0 aliphatic heterocycles. The molecule has 0 saturated heterocycles. The van der Waals surface area contributed by atoms with E-state index in [2.05, 4.69) is 10.3 Å². The molecule has 3 rings (SSSR count). The maximum Gasteiger partial charge on any atom is 0.261 e. The third-order valence-electron chi connectivity index (χ3n) is 3.31. The van der Waals surface area contributed by atoms with Gasteiger partial charge in [-0.1, -0.05) is 11.6 Å². The molecule has 122 valence electrons. The molecule has 0 aliphatic rings. The highest BCUT2D eigenvalue weighted by Gasteiger charge is 2.11. The molecule has 8 heteroatoms. The van der Waals surface area contributed by atoms with Crippen LogP contribution in [0.15, 0.2) is 47.5 Å². The van der Waals surface area contributed by atoms with Crippen molar-refractivity contribution < 1.29 is 13.6 Å². The van der Waals surface area contributed by atoms with E-state index < -0.39 is 23.1 Å². The second kappa shape index (κ2) is 6.37. The van der Waals surface area contributed by atoms with E-state index in [0.717, 1.165) is 22.8 Å². The molecule has 1 amide bonds. The molecule has 2 aromatic carbocycles. The highest BCUT2D eigenvalue weighted by molar-refractivity contribution is 6.33. The molecule has 5 nitrogen and oxygen atoms in total. The molecule has 24 heavy (non-hydrogen) atoms. The van der Waals surface area contributed by atoms with Gasteiger partial charge in [0.25, 0.3) is 5.56 Å². The van der Waals surface area contributed by atoms with Crippen molar-refractivity contribution in [3.8, 4) is 0 Å². The van der Waals surface area contributed by atoms with Crippen molar-refractivity contribution in [2.45, 2.75) is 6.54 Å². The molecule has 0 atom stereocenters. The molecule has 0 unspecified atom stereocenters. The van der Waals surface area contributed by atoms with Crippen molar-refractivity contribution in [2.24, 2.45) is 0 Å². The number of carbonyl (C=O) groups is 1. The lowest BCUT2D eigenvalue weighted by molar-refractivity contribution is -0.116. The molecule has 1 aromatic heterocycles. The fourth-order valence-electron chi connectivity index (χ4n) is 2.18. The number of rotatable bonds is 3. The van der Waals surface area contributed by atoms with Gasteiger partial charge in [-0.05, 0) is 36.4 Å². The zero-order valence-electron chi connectivity index (χ0n) is 12.1. The van der Waals surface area contributed by atoms with Gasteiger partial charge < -0.3 is 5.32 Å². The van der Waals surface area contributed by atoms with Crippen molar-refractivity contribution in [3.63, 3.8) is 0 Å². The van der Waals surface area contributed by atoms with E-state index in [9.17, 15) is 18.4 Å². The largest absolute Gasteiger partial charge is 0.323 e. The second-order valence-corrected chi connectivity index (χ2v) is 5.42. The number of benzene rings is 2. The van der Waals surface area contributed by atoms with Crippen LogP contribution in [0.4, 0.5) is 14.5 Å². The first kappa shape index (κ1) is 16.1. The Morgan fingerprint density at radius 3 is 2.62 bits per heavy atom. The normalized spacial score (nSPS) is 10.8. The SMILES string of the molecule is O=C(Cn1cnc2ccc(F)cc2c1=O)Nc1ccc(F)cc1Cl. The van der Waals surface area contributed by atoms with Crippen molar-refractivity contribution in [1.82, 2.24) is 9.55 Å². The summed E-state index contributed by atoms with van der Waals surface area (Å²) >= 11 is 5.83. The quantitative estimate of drug-likeness (QED) is 0.790. The lowest BCUT2D eigenvalue weighted by atomic mass is 10.2. The molecule has 0 aliphatic carbocycles. The zero-order valence-corrected chi connectivity index (χ0v) is 12.8. The van der Waals surface area contributed by atoms with E-state index in [1.54, 1.807) is 0 Å². The van der Waals surface area contributed by atoms with Crippen molar-refractivity contribution in [1.29, 1.82) is 0 Å². The van der Waals surface area contributed by atoms with Crippen LogP contribution in [0.2, 0.25) is 5.02 Å². The molecule has 1 heterocycles. The number of amides is 1. The van der Waals surface area contributed by atoms with Gasteiger partial charge in [0, 0.05) is 0 Å². The van der Waals surface area contributed by atoms with E-state index >= 15 is 0 Å². The summed E-state index contributed by atoms with van der Waals surface area (Å²) in [7, 11) is 0. The third kappa shape index (κ3) is 3.26. The van der Waals surface area contributed by atoms with E-state index in [-0.39, 0.29) is 22.6 Å². The summed E-state index contributed by atoms with van der Waals surface area (Å²) in [5.74, 6) is -1.65.